The molecule has 0 aromatic heterocycles. The quantitative estimate of drug-likeness (QED) is 0.766. The zero-order valence-electron chi connectivity index (χ0n) is 16.0. The molecule has 3 heterocycles. The van der Waals surface area contributed by atoms with E-state index < -0.39 is 0 Å². The van der Waals surface area contributed by atoms with Gasteiger partial charge in [0.25, 0.3) is 0 Å². The van der Waals surface area contributed by atoms with Gasteiger partial charge in [-0.3, -0.25) is 14.5 Å². The van der Waals surface area contributed by atoms with Gasteiger partial charge in [0.15, 0.2) is 0 Å². The molecule has 3 saturated heterocycles. The summed E-state index contributed by atoms with van der Waals surface area (Å²) in [7, 11) is 3.33. The predicted molar refractivity (Wildman–Crippen MR) is 99.2 cm³/mol. The molecule has 1 aromatic rings. The molecule has 0 bridgehead atoms. The lowest BCUT2D eigenvalue weighted by Gasteiger charge is -2.47. The van der Waals surface area contributed by atoms with Crippen LogP contribution in [0, 0.1) is 0 Å². The minimum Gasteiger partial charge on any atom is -0.496 e. The topological polar surface area (TPSA) is 62.3 Å². The number of carbonyl (C=O) groups is 2. The van der Waals surface area contributed by atoms with Crippen LogP contribution in [0.5, 0.6) is 5.75 Å². The van der Waals surface area contributed by atoms with E-state index in [-0.39, 0.29) is 23.9 Å². The summed E-state index contributed by atoms with van der Waals surface area (Å²) in [6, 6.07) is 5.56. The lowest BCUT2D eigenvalue weighted by Crippen LogP contribution is -2.68. The molecule has 27 heavy (non-hydrogen) atoms. The summed E-state index contributed by atoms with van der Waals surface area (Å²) in [4.78, 5) is 31.5. The fourth-order valence-corrected chi connectivity index (χ4v) is 4.59. The van der Waals surface area contributed by atoms with Crippen molar-refractivity contribution in [2.75, 3.05) is 40.4 Å². The van der Waals surface area contributed by atoms with E-state index in [2.05, 4.69) is 17.0 Å². The number of amides is 2. The van der Waals surface area contributed by atoms with Crippen molar-refractivity contribution in [2.45, 2.75) is 38.1 Å². The average Bonchev–Trinajstić information content (AvgIpc) is 3.17. The maximum atomic E-state index is 12.9. The number of ether oxygens (including phenoxy) is 2. The van der Waals surface area contributed by atoms with Crippen molar-refractivity contribution < 1.29 is 19.1 Å². The van der Waals surface area contributed by atoms with Gasteiger partial charge in [-0.1, -0.05) is 6.07 Å². The minimum atomic E-state index is -0.336. The normalized spacial score (nSPS) is 25.6. The van der Waals surface area contributed by atoms with Crippen molar-refractivity contribution >= 4 is 11.8 Å². The van der Waals surface area contributed by atoms with E-state index in [0.717, 1.165) is 49.4 Å². The fraction of sp³-hybridized carbons (Fsp3) is 0.600. The summed E-state index contributed by atoms with van der Waals surface area (Å²) < 4.78 is 10.7. The molecule has 2 atom stereocenters. The van der Waals surface area contributed by atoms with Gasteiger partial charge in [0, 0.05) is 45.4 Å². The smallest absolute Gasteiger partial charge is 0.247 e. The molecule has 0 radical (unpaired) electrons. The van der Waals surface area contributed by atoms with Gasteiger partial charge in [0.2, 0.25) is 11.8 Å². The van der Waals surface area contributed by atoms with Gasteiger partial charge in [-0.2, -0.15) is 0 Å². The minimum absolute atomic E-state index is 0.122. The van der Waals surface area contributed by atoms with E-state index in [0.29, 0.717) is 19.7 Å². The second-order valence-electron chi connectivity index (χ2n) is 7.55. The summed E-state index contributed by atoms with van der Waals surface area (Å²) >= 11 is 0. The Morgan fingerprint density at radius 2 is 1.81 bits per heavy atom. The van der Waals surface area contributed by atoms with E-state index in [4.69, 9.17) is 9.47 Å². The molecule has 146 valence electrons. The summed E-state index contributed by atoms with van der Waals surface area (Å²) in [6.45, 7) is 3.97. The largest absolute Gasteiger partial charge is 0.496 e. The molecule has 3 aliphatic rings. The molecule has 4 rings (SSSR count). The van der Waals surface area contributed by atoms with Crippen molar-refractivity contribution in [1.29, 1.82) is 0 Å². The van der Waals surface area contributed by atoms with Gasteiger partial charge in [-0.15, -0.1) is 0 Å². The third-order valence-electron chi connectivity index (χ3n) is 5.90. The SMILES string of the molecule is COCc1cc(CN2CCN3C(=O)[C@H]4CCCN4C(=O)[C@H]3C2)ccc1OC. The molecule has 0 spiro atoms. The van der Waals surface area contributed by atoms with Gasteiger partial charge >= 0.3 is 0 Å². The van der Waals surface area contributed by atoms with Crippen LogP contribution in [0.1, 0.15) is 24.0 Å². The lowest BCUT2D eigenvalue weighted by molar-refractivity contribution is -0.163. The Morgan fingerprint density at radius 3 is 2.59 bits per heavy atom. The molecule has 7 nitrogen and oxygen atoms in total. The van der Waals surface area contributed by atoms with Crippen molar-refractivity contribution in [3.05, 3.63) is 29.3 Å². The number of piperazine rings is 2. The number of hydrogen-bond acceptors (Lipinski definition) is 5. The van der Waals surface area contributed by atoms with Crippen LogP contribution in [0.15, 0.2) is 18.2 Å². The molecule has 0 N–H and O–H groups in total. The Balaban J connectivity index is 1.47. The van der Waals surface area contributed by atoms with E-state index in [1.54, 1.807) is 19.1 Å². The molecular formula is C20H27N3O4. The van der Waals surface area contributed by atoms with E-state index >= 15 is 0 Å². The molecule has 0 saturated carbocycles. The Labute approximate surface area is 159 Å². The molecule has 0 unspecified atom stereocenters. The van der Waals surface area contributed by atoms with Crippen LogP contribution in [0.2, 0.25) is 0 Å². The summed E-state index contributed by atoms with van der Waals surface area (Å²) in [6.07, 6.45) is 1.74. The molecular weight excluding hydrogens is 346 g/mol. The Hall–Kier alpha value is -2.12. The third-order valence-corrected chi connectivity index (χ3v) is 5.90. The second-order valence-corrected chi connectivity index (χ2v) is 7.55. The molecule has 1 aromatic carbocycles. The van der Waals surface area contributed by atoms with Crippen molar-refractivity contribution in [3.8, 4) is 5.75 Å². The zero-order valence-corrected chi connectivity index (χ0v) is 16.0. The first-order valence-corrected chi connectivity index (χ1v) is 9.60. The van der Waals surface area contributed by atoms with E-state index in [9.17, 15) is 9.59 Å². The highest BCUT2D eigenvalue weighted by molar-refractivity contribution is 5.97. The number of nitrogens with zero attached hydrogens (tertiary/aromatic N) is 3. The zero-order chi connectivity index (χ0) is 19.0. The second kappa shape index (κ2) is 7.48. The fourth-order valence-electron chi connectivity index (χ4n) is 4.59. The van der Waals surface area contributed by atoms with E-state index in [1.165, 1.54) is 0 Å². The summed E-state index contributed by atoms with van der Waals surface area (Å²) in [5.41, 5.74) is 2.17. The van der Waals surface area contributed by atoms with Crippen LogP contribution in [0.25, 0.3) is 0 Å². The highest BCUT2D eigenvalue weighted by Crippen LogP contribution is 2.29. The van der Waals surface area contributed by atoms with Crippen molar-refractivity contribution in [3.63, 3.8) is 0 Å². The highest BCUT2D eigenvalue weighted by atomic mass is 16.5. The third kappa shape index (κ3) is 3.30. The van der Waals surface area contributed by atoms with Crippen LogP contribution in [-0.2, 0) is 27.5 Å². The summed E-state index contributed by atoms with van der Waals surface area (Å²) in [5.74, 6) is 1.08. The lowest BCUT2D eigenvalue weighted by atomic mass is 10.0. The van der Waals surface area contributed by atoms with Crippen LogP contribution in [0.3, 0.4) is 0 Å². The monoisotopic (exact) mass is 373 g/mol. The van der Waals surface area contributed by atoms with Crippen LogP contribution in [-0.4, -0.2) is 79.0 Å². The first-order valence-electron chi connectivity index (χ1n) is 9.60. The number of rotatable bonds is 5. The van der Waals surface area contributed by atoms with Crippen molar-refractivity contribution in [2.24, 2.45) is 0 Å². The van der Waals surface area contributed by atoms with Gasteiger partial charge in [-0.05, 0) is 30.5 Å². The molecule has 3 fully saturated rings. The highest BCUT2D eigenvalue weighted by Gasteiger charge is 2.49. The average molecular weight is 373 g/mol. The van der Waals surface area contributed by atoms with Gasteiger partial charge in [-0.25, -0.2) is 0 Å². The van der Waals surface area contributed by atoms with Gasteiger partial charge in [0.05, 0.1) is 13.7 Å². The first-order chi connectivity index (χ1) is 13.1. The van der Waals surface area contributed by atoms with Gasteiger partial charge in [0.1, 0.15) is 17.8 Å². The number of hydrogen-bond donors (Lipinski definition) is 0. The maximum absolute atomic E-state index is 12.9. The van der Waals surface area contributed by atoms with Crippen LogP contribution >= 0.6 is 0 Å². The van der Waals surface area contributed by atoms with Crippen LogP contribution in [0.4, 0.5) is 0 Å². The predicted octanol–water partition coefficient (Wildman–Crippen LogP) is 0.859. The number of benzene rings is 1. The van der Waals surface area contributed by atoms with Crippen LogP contribution < -0.4 is 4.74 Å². The molecule has 3 aliphatic heterocycles. The first kappa shape index (κ1) is 18.3. The maximum Gasteiger partial charge on any atom is 0.247 e. The molecule has 7 heteroatoms. The van der Waals surface area contributed by atoms with Gasteiger partial charge < -0.3 is 19.3 Å². The standard InChI is InChI=1S/C20H27N3O4/c1-26-13-15-10-14(5-6-18(15)27-2)11-21-8-9-23-17(12-21)20(25)22-7-3-4-16(22)19(23)24/h5-6,10,16-17H,3-4,7-9,11-13H2,1-2H3/t16-,17-/m1/s1. The number of methoxy groups -OCH3 is 2. The Kier molecular flexibility index (Phi) is 5.06. The summed E-state index contributed by atoms with van der Waals surface area (Å²) in [5, 5.41) is 0. The van der Waals surface area contributed by atoms with E-state index in [1.807, 2.05) is 11.0 Å². The van der Waals surface area contributed by atoms with Crippen molar-refractivity contribution in [1.82, 2.24) is 14.7 Å². The molecule has 2 amide bonds. The molecule has 0 aliphatic carbocycles. The Morgan fingerprint density at radius 1 is 1.04 bits per heavy atom. The number of fused-ring (bicyclic) bond motifs is 2. The number of carbonyl (C=O) groups excluding carboxylic acids is 2. The Bertz CT molecular complexity index is 738.